The second kappa shape index (κ2) is 5.36. The maximum atomic E-state index is 11.9. The Labute approximate surface area is 98.5 Å². The summed E-state index contributed by atoms with van der Waals surface area (Å²) in [5.74, 6) is -0.190. The number of nitrogens with zero attached hydrogens (tertiary/aromatic N) is 2. The van der Waals surface area contributed by atoms with Crippen LogP contribution in [0.2, 0.25) is 0 Å². The number of carbonyl (C=O) groups excluding carboxylic acids is 1. The quantitative estimate of drug-likeness (QED) is 0.761. The zero-order chi connectivity index (χ0) is 12.1. The molecule has 0 aliphatic heterocycles. The molecule has 1 aromatic carbocycles. The average molecular weight is 231 g/mol. The number of para-hydroxylation sites is 1. The lowest BCUT2D eigenvalue weighted by molar-refractivity contribution is 0.0952. The van der Waals surface area contributed by atoms with Gasteiger partial charge in [-0.15, -0.1) is 0 Å². The normalized spacial score (nSPS) is 10.4. The van der Waals surface area contributed by atoms with Gasteiger partial charge < -0.3 is 10.4 Å². The Morgan fingerprint density at radius 3 is 2.94 bits per heavy atom. The van der Waals surface area contributed by atoms with Gasteiger partial charge in [0.25, 0.3) is 5.91 Å². The van der Waals surface area contributed by atoms with Gasteiger partial charge in [-0.25, -0.2) is 0 Å². The molecule has 0 bridgehead atoms. The number of aliphatic hydroxyl groups excluding tert-OH is 1. The van der Waals surface area contributed by atoms with E-state index < -0.39 is 0 Å². The molecule has 1 heterocycles. The standard InChI is InChI=1S/C12H13N3O2/c16-8-2-5-15-12(17)9-3-1-4-10-11(9)14-7-6-13-10/h1,3-4,6-7,16H,2,5,8H2,(H,15,17). The van der Waals surface area contributed by atoms with E-state index in [1.54, 1.807) is 24.5 Å². The van der Waals surface area contributed by atoms with Gasteiger partial charge in [0.05, 0.1) is 11.1 Å². The minimum absolute atomic E-state index is 0.0651. The number of fused-ring (bicyclic) bond motifs is 1. The number of nitrogens with one attached hydrogen (secondary N) is 1. The van der Waals surface area contributed by atoms with Gasteiger partial charge in [0.1, 0.15) is 5.52 Å². The molecule has 5 heteroatoms. The van der Waals surface area contributed by atoms with Crippen LogP contribution in [0, 0.1) is 0 Å². The molecule has 0 fully saturated rings. The van der Waals surface area contributed by atoms with Crippen LogP contribution in [0.15, 0.2) is 30.6 Å². The van der Waals surface area contributed by atoms with Crippen LogP contribution in [0.1, 0.15) is 16.8 Å². The van der Waals surface area contributed by atoms with Gasteiger partial charge in [-0.3, -0.25) is 14.8 Å². The largest absolute Gasteiger partial charge is 0.396 e. The molecule has 0 atom stereocenters. The Morgan fingerprint density at radius 1 is 1.29 bits per heavy atom. The number of aromatic nitrogens is 2. The predicted octanol–water partition coefficient (Wildman–Crippen LogP) is 0.742. The summed E-state index contributed by atoms with van der Waals surface area (Å²) >= 11 is 0. The molecule has 0 radical (unpaired) electrons. The molecular formula is C12H13N3O2. The summed E-state index contributed by atoms with van der Waals surface area (Å²) in [6.45, 7) is 0.515. The van der Waals surface area contributed by atoms with Crippen LogP contribution < -0.4 is 5.32 Å². The highest BCUT2D eigenvalue weighted by molar-refractivity contribution is 6.04. The Hall–Kier alpha value is -2.01. The van der Waals surface area contributed by atoms with E-state index in [1.807, 2.05) is 6.07 Å². The predicted molar refractivity (Wildman–Crippen MR) is 63.6 cm³/mol. The van der Waals surface area contributed by atoms with Crippen molar-refractivity contribution in [2.24, 2.45) is 0 Å². The summed E-state index contributed by atoms with van der Waals surface area (Å²) in [5, 5.41) is 11.4. The molecule has 2 aromatic rings. The molecular weight excluding hydrogens is 218 g/mol. The zero-order valence-corrected chi connectivity index (χ0v) is 9.26. The van der Waals surface area contributed by atoms with E-state index in [9.17, 15) is 4.79 Å². The summed E-state index contributed by atoms with van der Waals surface area (Å²) in [6, 6.07) is 5.30. The van der Waals surface area contributed by atoms with Crippen molar-refractivity contribution in [2.75, 3.05) is 13.2 Å². The lowest BCUT2D eigenvalue weighted by Gasteiger charge is -2.05. The molecule has 88 valence electrons. The third-order valence-corrected chi connectivity index (χ3v) is 2.36. The topological polar surface area (TPSA) is 75.1 Å². The third kappa shape index (κ3) is 2.57. The van der Waals surface area contributed by atoms with E-state index in [2.05, 4.69) is 15.3 Å². The second-order valence-corrected chi connectivity index (χ2v) is 3.56. The molecule has 0 unspecified atom stereocenters. The summed E-state index contributed by atoms with van der Waals surface area (Å²) < 4.78 is 0. The molecule has 2 N–H and O–H groups in total. The van der Waals surface area contributed by atoms with Crippen molar-refractivity contribution in [2.45, 2.75) is 6.42 Å². The minimum atomic E-state index is -0.190. The first-order valence-corrected chi connectivity index (χ1v) is 5.41. The summed E-state index contributed by atoms with van der Waals surface area (Å²) in [5.41, 5.74) is 1.80. The van der Waals surface area contributed by atoms with Gasteiger partial charge in [0.2, 0.25) is 0 Å². The molecule has 1 aromatic heterocycles. The Kier molecular flexibility index (Phi) is 3.62. The van der Waals surface area contributed by atoms with Crippen molar-refractivity contribution in [1.29, 1.82) is 0 Å². The van der Waals surface area contributed by atoms with Crippen molar-refractivity contribution in [3.8, 4) is 0 Å². The fraction of sp³-hybridized carbons (Fsp3) is 0.250. The van der Waals surface area contributed by atoms with Crippen molar-refractivity contribution in [3.63, 3.8) is 0 Å². The third-order valence-electron chi connectivity index (χ3n) is 2.36. The second-order valence-electron chi connectivity index (χ2n) is 3.56. The monoisotopic (exact) mass is 231 g/mol. The number of hydrogen-bond donors (Lipinski definition) is 2. The van der Waals surface area contributed by atoms with E-state index in [-0.39, 0.29) is 12.5 Å². The molecule has 0 aliphatic rings. The SMILES string of the molecule is O=C(NCCCO)c1cccc2nccnc12. The zero-order valence-electron chi connectivity index (χ0n) is 9.26. The molecule has 17 heavy (non-hydrogen) atoms. The number of hydrogen-bond acceptors (Lipinski definition) is 4. The average Bonchev–Trinajstić information content (AvgIpc) is 2.38. The van der Waals surface area contributed by atoms with Crippen molar-refractivity contribution >= 4 is 16.9 Å². The van der Waals surface area contributed by atoms with Crippen LogP contribution in [0.5, 0.6) is 0 Å². The lowest BCUT2D eigenvalue weighted by atomic mass is 10.1. The number of aliphatic hydroxyl groups is 1. The highest BCUT2D eigenvalue weighted by Gasteiger charge is 2.10. The van der Waals surface area contributed by atoms with Crippen LogP contribution in [0.3, 0.4) is 0 Å². The summed E-state index contributed by atoms with van der Waals surface area (Å²) in [6.07, 6.45) is 3.70. The highest BCUT2D eigenvalue weighted by Crippen LogP contribution is 2.13. The first-order chi connectivity index (χ1) is 8.33. The van der Waals surface area contributed by atoms with Gasteiger partial charge in [-0.2, -0.15) is 0 Å². The maximum absolute atomic E-state index is 11.9. The van der Waals surface area contributed by atoms with Gasteiger partial charge >= 0.3 is 0 Å². The van der Waals surface area contributed by atoms with Crippen molar-refractivity contribution in [3.05, 3.63) is 36.2 Å². The van der Waals surface area contributed by atoms with Crippen LogP contribution >= 0.6 is 0 Å². The number of amides is 1. The molecule has 0 aliphatic carbocycles. The van der Waals surface area contributed by atoms with Crippen LogP contribution in [0.25, 0.3) is 11.0 Å². The minimum Gasteiger partial charge on any atom is -0.396 e. The molecule has 5 nitrogen and oxygen atoms in total. The summed E-state index contributed by atoms with van der Waals surface area (Å²) in [7, 11) is 0. The van der Waals surface area contributed by atoms with Crippen LogP contribution in [-0.4, -0.2) is 34.1 Å². The van der Waals surface area contributed by atoms with Crippen molar-refractivity contribution < 1.29 is 9.90 Å². The van der Waals surface area contributed by atoms with Crippen LogP contribution in [0.4, 0.5) is 0 Å². The fourth-order valence-corrected chi connectivity index (χ4v) is 1.55. The maximum Gasteiger partial charge on any atom is 0.253 e. The van der Waals surface area contributed by atoms with E-state index in [1.165, 1.54) is 0 Å². The Balaban J connectivity index is 2.26. The van der Waals surface area contributed by atoms with Gasteiger partial charge in [0.15, 0.2) is 0 Å². The van der Waals surface area contributed by atoms with E-state index in [0.29, 0.717) is 29.6 Å². The summed E-state index contributed by atoms with van der Waals surface area (Å²) in [4.78, 5) is 20.2. The molecule has 0 spiro atoms. The Morgan fingerprint density at radius 2 is 2.12 bits per heavy atom. The molecule has 1 amide bonds. The molecule has 2 rings (SSSR count). The first-order valence-electron chi connectivity index (χ1n) is 5.41. The molecule has 0 saturated carbocycles. The first kappa shape index (κ1) is 11.5. The number of rotatable bonds is 4. The van der Waals surface area contributed by atoms with Crippen LogP contribution in [-0.2, 0) is 0 Å². The number of benzene rings is 1. The fourth-order valence-electron chi connectivity index (χ4n) is 1.55. The van der Waals surface area contributed by atoms with E-state index in [0.717, 1.165) is 0 Å². The van der Waals surface area contributed by atoms with E-state index >= 15 is 0 Å². The lowest BCUT2D eigenvalue weighted by Crippen LogP contribution is -2.25. The van der Waals surface area contributed by atoms with Crippen molar-refractivity contribution in [1.82, 2.24) is 15.3 Å². The number of carbonyl (C=O) groups is 1. The molecule has 0 saturated heterocycles. The van der Waals surface area contributed by atoms with Gasteiger partial charge in [-0.05, 0) is 18.6 Å². The van der Waals surface area contributed by atoms with Gasteiger partial charge in [-0.1, -0.05) is 6.07 Å². The smallest absolute Gasteiger partial charge is 0.253 e. The highest BCUT2D eigenvalue weighted by atomic mass is 16.3. The van der Waals surface area contributed by atoms with E-state index in [4.69, 9.17) is 5.11 Å². The Bertz CT molecular complexity index is 523. The van der Waals surface area contributed by atoms with Gasteiger partial charge in [0, 0.05) is 25.5 Å².